The van der Waals surface area contributed by atoms with Crippen LogP contribution in [0.25, 0.3) is 0 Å². The van der Waals surface area contributed by atoms with Crippen LogP contribution in [0.5, 0.6) is 0 Å². The summed E-state index contributed by atoms with van der Waals surface area (Å²) in [6, 6.07) is 14.4. The topological polar surface area (TPSA) is 82.3 Å². The summed E-state index contributed by atoms with van der Waals surface area (Å²) < 4.78 is 0. The van der Waals surface area contributed by atoms with Gasteiger partial charge in [-0.3, -0.25) is 4.79 Å². The highest BCUT2D eigenvalue weighted by Crippen LogP contribution is 2.18. The Labute approximate surface area is 153 Å². The van der Waals surface area contributed by atoms with E-state index in [9.17, 15) is 9.59 Å². The van der Waals surface area contributed by atoms with Crippen molar-refractivity contribution in [3.8, 4) is 0 Å². The standard InChI is InChI=1S/C20H24N4O2/c1-14-7-8-15(19(25)22-17-9-11-21-12-10-17)13-18(14)24-20(26)23-16-5-3-2-4-6-16/h2-8,13,17,21H,9-12H2,1H3,(H,22,25)(H2,23,24,26). The van der Waals surface area contributed by atoms with E-state index in [1.54, 1.807) is 12.1 Å². The zero-order valence-electron chi connectivity index (χ0n) is 14.8. The highest BCUT2D eigenvalue weighted by atomic mass is 16.2. The molecule has 0 aromatic heterocycles. The van der Waals surface area contributed by atoms with Crippen LogP contribution in [0.3, 0.4) is 0 Å². The van der Waals surface area contributed by atoms with Gasteiger partial charge in [0.25, 0.3) is 5.91 Å². The number of amides is 3. The van der Waals surface area contributed by atoms with Crippen molar-refractivity contribution in [2.75, 3.05) is 23.7 Å². The first-order valence-electron chi connectivity index (χ1n) is 8.87. The van der Waals surface area contributed by atoms with E-state index in [4.69, 9.17) is 0 Å². The number of aryl methyl sites for hydroxylation is 1. The lowest BCUT2D eigenvalue weighted by Gasteiger charge is -2.23. The smallest absolute Gasteiger partial charge is 0.323 e. The zero-order chi connectivity index (χ0) is 18.4. The Hall–Kier alpha value is -2.86. The third-order valence-corrected chi connectivity index (χ3v) is 4.45. The monoisotopic (exact) mass is 352 g/mol. The quantitative estimate of drug-likeness (QED) is 0.682. The third kappa shape index (κ3) is 4.83. The minimum atomic E-state index is -0.338. The fourth-order valence-corrected chi connectivity index (χ4v) is 2.94. The molecule has 6 heteroatoms. The van der Waals surface area contributed by atoms with Crippen LogP contribution in [-0.4, -0.2) is 31.1 Å². The SMILES string of the molecule is Cc1ccc(C(=O)NC2CCNCC2)cc1NC(=O)Nc1ccccc1. The number of benzene rings is 2. The molecule has 136 valence electrons. The summed E-state index contributed by atoms with van der Waals surface area (Å²) in [5, 5.41) is 11.9. The second-order valence-electron chi connectivity index (χ2n) is 6.47. The van der Waals surface area contributed by atoms with Crippen molar-refractivity contribution in [3.05, 3.63) is 59.7 Å². The van der Waals surface area contributed by atoms with Gasteiger partial charge in [-0.2, -0.15) is 0 Å². The lowest BCUT2D eigenvalue weighted by atomic mass is 10.1. The number of carbonyl (C=O) groups is 2. The maximum absolute atomic E-state index is 12.5. The highest BCUT2D eigenvalue weighted by molar-refractivity contribution is 6.02. The number of hydrogen-bond donors (Lipinski definition) is 4. The number of urea groups is 1. The van der Waals surface area contributed by atoms with E-state index >= 15 is 0 Å². The second kappa shape index (κ2) is 8.49. The van der Waals surface area contributed by atoms with Gasteiger partial charge < -0.3 is 21.3 Å². The molecule has 4 N–H and O–H groups in total. The molecule has 1 heterocycles. The number of anilines is 2. The molecule has 26 heavy (non-hydrogen) atoms. The predicted molar refractivity (Wildman–Crippen MR) is 104 cm³/mol. The van der Waals surface area contributed by atoms with Gasteiger partial charge in [-0.1, -0.05) is 24.3 Å². The molecule has 0 bridgehead atoms. The molecule has 1 aliphatic heterocycles. The molecule has 1 aliphatic rings. The van der Waals surface area contributed by atoms with Crippen molar-refractivity contribution in [1.82, 2.24) is 10.6 Å². The molecule has 6 nitrogen and oxygen atoms in total. The second-order valence-corrected chi connectivity index (χ2v) is 6.47. The molecule has 1 saturated heterocycles. The molecule has 0 aliphatic carbocycles. The van der Waals surface area contributed by atoms with Crippen molar-refractivity contribution in [1.29, 1.82) is 0 Å². The summed E-state index contributed by atoms with van der Waals surface area (Å²) in [5.74, 6) is -0.108. The Balaban J connectivity index is 1.65. The number of nitrogens with one attached hydrogen (secondary N) is 4. The van der Waals surface area contributed by atoms with Gasteiger partial charge in [0.1, 0.15) is 0 Å². The number of piperidine rings is 1. The largest absolute Gasteiger partial charge is 0.349 e. The average molecular weight is 352 g/mol. The molecule has 2 aromatic rings. The van der Waals surface area contributed by atoms with E-state index in [1.165, 1.54) is 0 Å². The molecule has 0 spiro atoms. The van der Waals surface area contributed by atoms with Crippen LogP contribution in [0.4, 0.5) is 16.2 Å². The third-order valence-electron chi connectivity index (χ3n) is 4.45. The molecular weight excluding hydrogens is 328 g/mol. The predicted octanol–water partition coefficient (Wildman–Crippen LogP) is 3.12. The van der Waals surface area contributed by atoms with Gasteiger partial charge in [0.2, 0.25) is 0 Å². The lowest BCUT2D eigenvalue weighted by Crippen LogP contribution is -2.42. The minimum absolute atomic E-state index is 0.108. The van der Waals surface area contributed by atoms with E-state index < -0.39 is 0 Å². The van der Waals surface area contributed by atoms with Crippen LogP contribution in [-0.2, 0) is 0 Å². The minimum Gasteiger partial charge on any atom is -0.349 e. The summed E-state index contributed by atoms with van der Waals surface area (Å²) in [5.41, 5.74) is 2.77. The van der Waals surface area contributed by atoms with Crippen molar-refractivity contribution >= 4 is 23.3 Å². The molecule has 0 radical (unpaired) electrons. The van der Waals surface area contributed by atoms with Gasteiger partial charge in [-0.05, 0) is 62.7 Å². The van der Waals surface area contributed by atoms with E-state index in [2.05, 4.69) is 21.3 Å². The van der Waals surface area contributed by atoms with Gasteiger partial charge in [0, 0.05) is 23.0 Å². The summed E-state index contributed by atoms with van der Waals surface area (Å²) >= 11 is 0. The van der Waals surface area contributed by atoms with E-state index in [0.29, 0.717) is 16.9 Å². The van der Waals surface area contributed by atoms with Gasteiger partial charge in [0.15, 0.2) is 0 Å². The molecule has 0 saturated carbocycles. The van der Waals surface area contributed by atoms with Crippen LogP contribution in [0.1, 0.15) is 28.8 Å². The Morgan fingerprint density at radius 1 is 1.00 bits per heavy atom. The van der Waals surface area contributed by atoms with Crippen LogP contribution in [0.15, 0.2) is 48.5 Å². The molecule has 0 atom stereocenters. The van der Waals surface area contributed by atoms with E-state index in [0.717, 1.165) is 31.5 Å². The summed E-state index contributed by atoms with van der Waals surface area (Å²) in [7, 11) is 0. The molecule has 1 fully saturated rings. The average Bonchev–Trinajstić information content (AvgIpc) is 2.65. The number of hydrogen-bond acceptors (Lipinski definition) is 3. The number of carbonyl (C=O) groups excluding carboxylic acids is 2. The first-order valence-corrected chi connectivity index (χ1v) is 8.87. The van der Waals surface area contributed by atoms with E-state index in [-0.39, 0.29) is 18.0 Å². The van der Waals surface area contributed by atoms with E-state index in [1.807, 2.05) is 43.3 Å². The Morgan fingerprint density at radius 2 is 1.73 bits per heavy atom. The summed E-state index contributed by atoms with van der Waals surface area (Å²) in [4.78, 5) is 24.7. The fraction of sp³-hybridized carbons (Fsp3) is 0.300. The van der Waals surface area contributed by atoms with Crippen LogP contribution in [0.2, 0.25) is 0 Å². The van der Waals surface area contributed by atoms with Crippen molar-refractivity contribution in [2.45, 2.75) is 25.8 Å². The summed E-state index contributed by atoms with van der Waals surface area (Å²) in [6.45, 7) is 3.74. The normalized spacial score (nSPS) is 14.5. The Morgan fingerprint density at radius 3 is 2.46 bits per heavy atom. The first kappa shape index (κ1) is 17.9. The maximum atomic E-state index is 12.5. The maximum Gasteiger partial charge on any atom is 0.323 e. The van der Waals surface area contributed by atoms with Gasteiger partial charge in [-0.25, -0.2) is 4.79 Å². The van der Waals surface area contributed by atoms with Gasteiger partial charge >= 0.3 is 6.03 Å². The van der Waals surface area contributed by atoms with Crippen LogP contribution >= 0.6 is 0 Å². The van der Waals surface area contributed by atoms with Crippen molar-refractivity contribution < 1.29 is 9.59 Å². The molecule has 3 rings (SSSR count). The van der Waals surface area contributed by atoms with Gasteiger partial charge in [-0.15, -0.1) is 0 Å². The molecule has 3 amide bonds. The fourth-order valence-electron chi connectivity index (χ4n) is 2.94. The van der Waals surface area contributed by atoms with Gasteiger partial charge in [0.05, 0.1) is 0 Å². The molecule has 2 aromatic carbocycles. The molecular formula is C20H24N4O2. The number of rotatable bonds is 4. The molecule has 0 unspecified atom stereocenters. The van der Waals surface area contributed by atoms with Crippen LogP contribution in [0, 0.1) is 6.92 Å². The van der Waals surface area contributed by atoms with Crippen LogP contribution < -0.4 is 21.3 Å². The van der Waals surface area contributed by atoms with Crippen molar-refractivity contribution in [2.24, 2.45) is 0 Å². The Kier molecular flexibility index (Phi) is 5.86. The number of para-hydroxylation sites is 1. The Bertz CT molecular complexity index is 771. The lowest BCUT2D eigenvalue weighted by molar-refractivity contribution is 0.0929. The highest BCUT2D eigenvalue weighted by Gasteiger charge is 2.17. The first-order chi connectivity index (χ1) is 12.6. The van der Waals surface area contributed by atoms with Crippen molar-refractivity contribution in [3.63, 3.8) is 0 Å². The summed E-state index contributed by atoms with van der Waals surface area (Å²) in [6.07, 6.45) is 1.87. The zero-order valence-corrected chi connectivity index (χ0v) is 14.8.